The van der Waals surface area contributed by atoms with Crippen LogP contribution in [0.4, 0.5) is 0 Å². The maximum atomic E-state index is 4.71. The quantitative estimate of drug-likeness (QED) is 0.475. The summed E-state index contributed by atoms with van der Waals surface area (Å²) in [5, 5.41) is 13.9. The molecule has 0 unspecified atom stereocenters. The van der Waals surface area contributed by atoms with Gasteiger partial charge in [-0.2, -0.15) is 28.8 Å². The molecule has 4 aromatic heterocycles. The summed E-state index contributed by atoms with van der Waals surface area (Å²) in [6, 6.07) is 22.5. The number of rotatable bonds is 2. The first-order valence-corrected chi connectivity index (χ1v) is 8.74. The highest BCUT2D eigenvalue weighted by molar-refractivity contribution is 5.85. The number of hydrogen-bond acceptors (Lipinski definition) is 3. The molecule has 0 amide bonds. The van der Waals surface area contributed by atoms with E-state index in [0.29, 0.717) is 0 Å². The van der Waals surface area contributed by atoms with Crippen molar-refractivity contribution in [1.29, 1.82) is 0 Å². The lowest BCUT2D eigenvalue weighted by Crippen LogP contribution is -2.05. The van der Waals surface area contributed by atoms with Crippen molar-refractivity contribution in [2.24, 2.45) is 0 Å². The second kappa shape index (κ2) is 5.28. The van der Waals surface area contributed by atoms with E-state index in [1.54, 1.807) is 6.20 Å². The van der Waals surface area contributed by atoms with E-state index in [0.717, 1.165) is 39.2 Å². The first kappa shape index (κ1) is 14.3. The van der Waals surface area contributed by atoms with Crippen LogP contribution in [0.15, 0.2) is 85.3 Å². The molecule has 2 aromatic carbocycles. The average Bonchev–Trinajstić information content (AvgIpc) is 3.45. The first-order valence-electron chi connectivity index (χ1n) is 8.74. The van der Waals surface area contributed by atoms with Crippen LogP contribution < -0.4 is 0 Å². The maximum absolute atomic E-state index is 4.71. The highest BCUT2D eigenvalue weighted by atomic mass is 15.4. The number of fused-ring (bicyclic) bond motifs is 6. The highest BCUT2D eigenvalue weighted by Gasteiger charge is 2.19. The lowest BCUT2D eigenvalue weighted by molar-refractivity contribution is 0.829. The third-order valence-corrected chi connectivity index (χ3v) is 4.90. The van der Waals surface area contributed by atoms with Gasteiger partial charge in [-0.05, 0) is 11.1 Å². The van der Waals surface area contributed by atoms with Crippen molar-refractivity contribution in [2.75, 3.05) is 0 Å². The molecule has 0 saturated heterocycles. The van der Waals surface area contributed by atoms with Crippen molar-refractivity contribution >= 4 is 16.9 Å². The van der Waals surface area contributed by atoms with Crippen LogP contribution in [0.1, 0.15) is 0 Å². The minimum absolute atomic E-state index is 0.900. The van der Waals surface area contributed by atoms with Gasteiger partial charge in [0.25, 0.3) is 0 Å². The van der Waals surface area contributed by atoms with Crippen molar-refractivity contribution in [3.63, 3.8) is 0 Å². The van der Waals surface area contributed by atoms with Gasteiger partial charge < -0.3 is 0 Å². The van der Waals surface area contributed by atoms with Crippen molar-refractivity contribution in [1.82, 2.24) is 28.8 Å². The standard InChI is InChI=1S/C21H14N6/c1-3-7-15(8-4-1)17-13-23-26-19-11-12-22-25(19)20-18(14-24-27(20)21(17)26)16-9-5-2-6-10-16/h1-14H. The molecule has 0 spiro atoms. The summed E-state index contributed by atoms with van der Waals surface area (Å²) in [6.45, 7) is 0. The summed E-state index contributed by atoms with van der Waals surface area (Å²) in [5.74, 6) is 0. The van der Waals surface area contributed by atoms with Crippen LogP contribution in [-0.4, -0.2) is 28.8 Å². The molecule has 0 saturated carbocycles. The van der Waals surface area contributed by atoms with E-state index in [1.807, 2.05) is 68.4 Å². The minimum Gasteiger partial charge on any atom is -0.196 e. The normalized spacial score (nSPS) is 11.7. The fourth-order valence-electron chi connectivity index (χ4n) is 3.68. The van der Waals surface area contributed by atoms with Gasteiger partial charge in [-0.15, -0.1) is 0 Å². The van der Waals surface area contributed by atoms with Crippen LogP contribution in [0.25, 0.3) is 39.2 Å². The molecule has 27 heavy (non-hydrogen) atoms. The van der Waals surface area contributed by atoms with Crippen molar-refractivity contribution in [2.45, 2.75) is 0 Å². The number of hydrogen-bond donors (Lipinski definition) is 0. The molecule has 6 aromatic rings. The van der Waals surface area contributed by atoms with Gasteiger partial charge in [0.15, 0.2) is 16.9 Å². The van der Waals surface area contributed by atoms with Gasteiger partial charge in [-0.1, -0.05) is 60.7 Å². The summed E-state index contributed by atoms with van der Waals surface area (Å²) >= 11 is 0. The van der Waals surface area contributed by atoms with E-state index in [2.05, 4.69) is 34.5 Å². The molecule has 0 bridgehead atoms. The fourth-order valence-corrected chi connectivity index (χ4v) is 3.68. The Hall–Kier alpha value is -3.93. The van der Waals surface area contributed by atoms with Gasteiger partial charge in [0.2, 0.25) is 0 Å². The molecular weight excluding hydrogens is 336 g/mol. The van der Waals surface area contributed by atoms with Crippen LogP contribution in [0.2, 0.25) is 0 Å². The highest BCUT2D eigenvalue weighted by Crippen LogP contribution is 2.30. The monoisotopic (exact) mass is 350 g/mol. The van der Waals surface area contributed by atoms with E-state index in [1.165, 1.54) is 0 Å². The van der Waals surface area contributed by atoms with Gasteiger partial charge in [0.1, 0.15) is 0 Å². The Bertz CT molecular complexity index is 1340. The molecule has 128 valence electrons. The molecule has 4 heterocycles. The Morgan fingerprint density at radius 2 is 1.04 bits per heavy atom. The molecule has 0 aliphatic heterocycles. The van der Waals surface area contributed by atoms with Crippen LogP contribution >= 0.6 is 0 Å². The smallest absolute Gasteiger partial charge is 0.169 e. The molecule has 0 aliphatic rings. The molecular formula is C21H14N6. The first-order chi connectivity index (χ1) is 13.4. The topological polar surface area (TPSA) is 51.9 Å². The lowest BCUT2D eigenvalue weighted by Gasteiger charge is -2.07. The molecule has 0 aliphatic carbocycles. The number of benzene rings is 2. The van der Waals surface area contributed by atoms with E-state index in [-0.39, 0.29) is 0 Å². The molecule has 0 fully saturated rings. The SMILES string of the molecule is c1ccc(-c2cnn3c4ccnn4c4c(-c5ccccc5)cnn4c23)cc1. The van der Waals surface area contributed by atoms with Crippen LogP contribution in [-0.2, 0) is 0 Å². The Morgan fingerprint density at radius 1 is 0.519 bits per heavy atom. The summed E-state index contributed by atoms with van der Waals surface area (Å²) < 4.78 is 5.71. The summed E-state index contributed by atoms with van der Waals surface area (Å²) in [6.07, 6.45) is 5.58. The molecule has 6 nitrogen and oxygen atoms in total. The van der Waals surface area contributed by atoms with E-state index in [9.17, 15) is 0 Å². The van der Waals surface area contributed by atoms with Crippen LogP contribution in [0.3, 0.4) is 0 Å². The van der Waals surface area contributed by atoms with Gasteiger partial charge in [-0.3, -0.25) is 0 Å². The number of nitrogens with zero attached hydrogens (tertiary/aromatic N) is 6. The van der Waals surface area contributed by atoms with E-state index >= 15 is 0 Å². The summed E-state index contributed by atoms with van der Waals surface area (Å²) in [7, 11) is 0. The minimum atomic E-state index is 0.900. The zero-order chi connectivity index (χ0) is 17.8. The molecule has 6 rings (SSSR count). The molecule has 0 atom stereocenters. The molecule has 0 radical (unpaired) electrons. The predicted molar refractivity (Wildman–Crippen MR) is 104 cm³/mol. The summed E-state index contributed by atoms with van der Waals surface area (Å²) in [5.41, 5.74) is 7.03. The van der Waals surface area contributed by atoms with Gasteiger partial charge in [0, 0.05) is 17.2 Å². The Labute approximate surface area is 153 Å². The maximum Gasteiger partial charge on any atom is 0.169 e. The summed E-state index contributed by atoms with van der Waals surface area (Å²) in [4.78, 5) is 0. The average molecular weight is 350 g/mol. The fraction of sp³-hybridized carbons (Fsp3) is 0. The third kappa shape index (κ3) is 1.92. The lowest BCUT2D eigenvalue weighted by atomic mass is 10.1. The molecule has 6 heteroatoms. The largest absolute Gasteiger partial charge is 0.196 e. The van der Waals surface area contributed by atoms with E-state index < -0.39 is 0 Å². The van der Waals surface area contributed by atoms with Gasteiger partial charge in [-0.25, -0.2) is 0 Å². The van der Waals surface area contributed by atoms with Gasteiger partial charge >= 0.3 is 0 Å². The van der Waals surface area contributed by atoms with Crippen molar-refractivity contribution in [3.05, 3.63) is 85.3 Å². The van der Waals surface area contributed by atoms with Gasteiger partial charge in [0.05, 0.1) is 18.6 Å². The van der Waals surface area contributed by atoms with Crippen molar-refractivity contribution in [3.8, 4) is 22.3 Å². The van der Waals surface area contributed by atoms with Crippen LogP contribution in [0, 0.1) is 0 Å². The third-order valence-electron chi connectivity index (χ3n) is 4.90. The Kier molecular flexibility index (Phi) is 2.79. The second-order valence-electron chi connectivity index (χ2n) is 6.42. The zero-order valence-corrected chi connectivity index (χ0v) is 14.3. The molecule has 0 N–H and O–H groups in total. The Balaban J connectivity index is 1.80. The zero-order valence-electron chi connectivity index (χ0n) is 14.3. The predicted octanol–water partition coefficient (Wildman–Crippen LogP) is 3.96. The van der Waals surface area contributed by atoms with Crippen LogP contribution in [0.5, 0.6) is 0 Å². The Morgan fingerprint density at radius 3 is 1.63 bits per heavy atom. The second-order valence-corrected chi connectivity index (χ2v) is 6.42. The number of aromatic nitrogens is 6. The van der Waals surface area contributed by atoms with Crippen molar-refractivity contribution < 1.29 is 0 Å². The van der Waals surface area contributed by atoms with E-state index in [4.69, 9.17) is 5.10 Å².